The number of methoxy groups -OCH3 is 1. The molecule has 0 spiro atoms. The smallest absolute Gasteiger partial charge is 0.252 e. The van der Waals surface area contributed by atoms with E-state index in [9.17, 15) is 9.90 Å². The number of hydrogen-bond donors (Lipinski definition) is 2. The van der Waals surface area contributed by atoms with Crippen molar-refractivity contribution in [2.75, 3.05) is 32.2 Å². The summed E-state index contributed by atoms with van der Waals surface area (Å²) in [5.41, 5.74) is -0.144. The molecule has 0 aromatic carbocycles. The van der Waals surface area contributed by atoms with Crippen LogP contribution < -0.4 is 10.5 Å². The first-order valence-electron chi connectivity index (χ1n) is 6.09. The average molecular weight is 253 g/mol. The summed E-state index contributed by atoms with van der Waals surface area (Å²) >= 11 is 0. The van der Waals surface area contributed by atoms with Crippen LogP contribution in [0.3, 0.4) is 0 Å². The molecule has 1 aromatic rings. The van der Waals surface area contributed by atoms with Crippen LogP contribution in [0.25, 0.3) is 0 Å². The molecular formula is C12H19N3O3. The van der Waals surface area contributed by atoms with Crippen LogP contribution in [0, 0.1) is 0 Å². The Morgan fingerprint density at radius 1 is 1.67 bits per heavy atom. The Morgan fingerprint density at radius 2 is 2.39 bits per heavy atom. The summed E-state index contributed by atoms with van der Waals surface area (Å²) in [6, 6.07) is 1.45. The van der Waals surface area contributed by atoms with Crippen molar-refractivity contribution in [1.29, 1.82) is 0 Å². The Bertz CT molecular complexity index is 456. The SMILES string of the molecule is COCC(O)CN(C)c1cc(=O)[nH]c(C2CC2)n1. The standard InChI is InChI=1S/C12H19N3O3/c1-15(6-9(16)7-18-2)10-5-11(17)14-12(13-10)8-3-4-8/h5,8-9,16H,3-4,6-7H2,1-2H3,(H,13,14,17). The van der Waals surface area contributed by atoms with Crippen molar-refractivity contribution in [1.82, 2.24) is 9.97 Å². The van der Waals surface area contributed by atoms with Gasteiger partial charge in [0.1, 0.15) is 11.6 Å². The molecule has 0 bridgehead atoms. The molecule has 2 N–H and O–H groups in total. The molecule has 6 nitrogen and oxygen atoms in total. The monoisotopic (exact) mass is 253 g/mol. The molecule has 2 rings (SSSR count). The van der Waals surface area contributed by atoms with E-state index in [2.05, 4.69) is 9.97 Å². The number of likely N-dealkylation sites (N-methyl/N-ethyl adjacent to an activating group) is 1. The van der Waals surface area contributed by atoms with Gasteiger partial charge in [0.2, 0.25) is 0 Å². The Morgan fingerprint density at radius 3 is 3.00 bits per heavy atom. The van der Waals surface area contributed by atoms with Gasteiger partial charge in [-0.1, -0.05) is 0 Å². The van der Waals surface area contributed by atoms with Crippen LogP contribution in [0.15, 0.2) is 10.9 Å². The quantitative estimate of drug-likeness (QED) is 0.751. The number of aromatic nitrogens is 2. The molecule has 100 valence electrons. The summed E-state index contributed by atoms with van der Waals surface area (Å²) in [6.45, 7) is 0.650. The third-order valence-electron chi connectivity index (χ3n) is 2.95. The average Bonchev–Trinajstić information content (AvgIpc) is 3.12. The van der Waals surface area contributed by atoms with Crippen molar-refractivity contribution in [2.24, 2.45) is 0 Å². The maximum Gasteiger partial charge on any atom is 0.252 e. The van der Waals surface area contributed by atoms with Crippen LogP contribution in [0.2, 0.25) is 0 Å². The highest BCUT2D eigenvalue weighted by Gasteiger charge is 2.26. The fourth-order valence-corrected chi connectivity index (χ4v) is 1.86. The van der Waals surface area contributed by atoms with Gasteiger partial charge in [0.15, 0.2) is 0 Å². The van der Waals surface area contributed by atoms with E-state index in [1.807, 2.05) is 0 Å². The normalized spacial score (nSPS) is 16.6. The van der Waals surface area contributed by atoms with Crippen LogP contribution >= 0.6 is 0 Å². The van der Waals surface area contributed by atoms with E-state index in [-0.39, 0.29) is 12.2 Å². The number of nitrogens with zero attached hydrogens (tertiary/aromatic N) is 2. The van der Waals surface area contributed by atoms with Gasteiger partial charge in [-0.3, -0.25) is 4.79 Å². The van der Waals surface area contributed by atoms with Crippen molar-refractivity contribution < 1.29 is 9.84 Å². The van der Waals surface area contributed by atoms with Crippen molar-refractivity contribution in [3.8, 4) is 0 Å². The van der Waals surface area contributed by atoms with Gasteiger partial charge >= 0.3 is 0 Å². The van der Waals surface area contributed by atoms with Gasteiger partial charge in [-0.2, -0.15) is 0 Å². The summed E-state index contributed by atoms with van der Waals surface area (Å²) in [4.78, 5) is 20.5. The fourth-order valence-electron chi connectivity index (χ4n) is 1.86. The minimum Gasteiger partial charge on any atom is -0.389 e. The number of anilines is 1. The molecule has 1 unspecified atom stereocenters. The molecule has 6 heteroatoms. The first-order valence-corrected chi connectivity index (χ1v) is 6.09. The number of aromatic amines is 1. The van der Waals surface area contributed by atoms with Crippen LogP contribution in [-0.4, -0.2) is 48.5 Å². The van der Waals surface area contributed by atoms with E-state index in [1.165, 1.54) is 6.07 Å². The van der Waals surface area contributed by atoms with E-state index >= 15 is 0 Å². The molecule has 0 aliphatic heterocycles. The van der Waals surface area contributed by atoms with Gasteiger partial charge in [0.05, 0.1) is 12.7 Å². The predicted octanol–water partition coefficient (Wildman–Crippen LogP) is 0.0908. The van der Waals surface area contributed by atoms with Crippen molar-refractivity contribution in [3.63, 3.8) is 0 Å². The Hall–Kier alpha value is -1.40. The number of ether oxygens (including phenoxy) is 1. The zero-order valence-corrected chi connectivity index (χ0v) is 10.7. The van der Waals surface area contributed by atoms with Crippen molar-refractivity contribution in [3.05, 3.63) is 22.2 Å². The number of hydrogen-bond acceptors (Lipinski definition) is 5. The third kappa shape index (κ3) is 3.30. The van der Waals surface area contributed by atoms with Crippen LogP contribution in [-0.2, 0) is 4.74 Å². The molecule has 0 radical (unpaired) electrons. The minimum absolute atomic E-state index is 0.144. The predicted molar refractivity (Wildman–Crippen MR) is 68.0 cm³/mol. The van der Waals surface area contributed by atoms with Gasteiger partial charge in [-0.15, -0.1) is 0 Å². The highest BCUT2D eigenvalue weighted by molar-refractivity contribution is 5.37. The zero-order chi connectivity index (χ0) is 13.1. The molecule has 1 fully saturated rings. The van der Waals surface area contributed by atoms with Gasteiger partial charge in [0.25, 0.3) is 5.56 Å². The highest BCUT2D eigenvalue weighted by Crippen LogP contribution is 2.37. The van der Waals surface area contributed by atoms with Crippen LogP contribution in [0.5, 0.6) is 0 Å². The molecule has 1 aliphatic rings. The Balaban J connectivity index is 2.09. The third-order valence-corrected chi connectivity index (χ3v) is 2.95. The Kier molecular flexibility index (Phi) is 3.98. The van der Waals surface area contributed by atoms with E-state index in [4.69, 9.17) is 4.74 Å². The molecule has 0 saturated heterocycles. The van der Waals surface area contributed by atoms with E-state index in [0.717, 1.165) is 18.7 Å². The van der Waals surface area contributed by atoms with E-state index in [1.54, 1.807) is 19.1 Å². The lowest BCUT2D eigenvalue weighted by molar-refractivity contribution is 0.0694. The van der Waals surface area contributed by atoms with Gasteiger partial charge in [0, 0.05) is 32.7 Å². The number of aliphatic hydroxyl groups is 1. The van der Waals surface area contributed by atoms with E-state index < -0.39 is 6.10 Å². The van der Waals surface area contributed by atoms with Gasteiger partial charge in [-0.25, -0.2) is 4.98 Å². The van der Waals surface area contributed by atoms with Gasteiger partial charge < -0.3 is 19.7 Å². The minimum atomic E-state index is -0.592. The number of nitrogens with one attached hydrogen (secondary N) is 1. The molecule has 1 saturated carbocycles. The summed E-state index contributed by atoms with van der Waals surface area (Å²) in [5, 5.41) is 9.66. The molecule has 1 heterocycles. The second-order valence-electron chi connectivity index (χ2n) is 4.75. The second-order valence-corrected chi connectivity index (χ2v) is 4.75. The lowest BCUT2D eigenvalue weighted by Crippen LogP contribution is -2.33. The van der Waals surface area contributed by atoms with Crippen molar-refractivity contribution in [2.45, 2.75) is 24.9 Å². The summed E-state index contributed by atoms with van der Waals surface area (Å²) < 4.78 is 4.87. The maximum absolute atomic E-state index is 11.5. The first kappa shape index (κ1) is 13.0. The zero-order valence-electron chi connectivity index (χ0n) is 10.7. The number of H-pyrrole nitrogens is 1. The second kappa shape index (κ2) is 5.49. The highest BCUT2D eigenvalue weighted by atomic mass is 16.5. The van der Waals surface area contributed by atoms with E-state index in [0.29, 0.717) is 18.3 Å². The summed E-state index contributed by atoms with van der Waals surface area (Å²) in [5.74, 6) is 1.75. The number of rotatable bonds is 6. The molecule has 1 aliphatic carbocycles. The molecule has 1 aromatic heterocycles. The van der Waals surface area contributed by atoms with Crippen LogP contribution in [0.1, 0.15) is 24.6 Å². The van der Waals surface area contributed by atoms with Crippen molar-refractivity contribution >= 4 is 5.82 Å². The maximum atomic E-state index is 11.5. The van der Waals surface area contributed by atoms with Crippen LogP contribution in [0.4, 0.5) is 5.82 Å². The Labute approximate surface area is 106 Å². The fraction of sp³-hybridized carbons (Fsp3) is 0.667. The largest absolute Gasteiger partial charge is 0.389 e. The molecule has 18 heavy (non-hydrogen) atoms. The summed E-state index contributed by atoms with van der Waals surface area (Å²) in [6.07, 6.45) is 1.58. The topological polar surface area (TPSA) is 78.5 Å². The number of aliphatic hydroxyl groups excluding tert-OH is 1. The van der Waals surface area contributed by atoms with Gasteiger partial charge in [-0.05, 0) is 12.8 Å². The molecule has 0 amide bonds. The molecular weight excluding hydrogens is 234 g/mol. The summed E-state index contributed by atoms with van der Waals surface area (Å²) in [7, 11) is 3.34. The lowest BCUT2D eigenvalue weighted by atomic mass is 10.3. The lowest BCUT2D eigenvalue weighted by Gasteiger charge is -2.21. The first-order chi connectivity index (χ1) is 8.60. The molecule has 1 atom stereocenters.